The largest absolute Gasteiger partial charge is 0.482 e. The lowest BCUT2D eigenvalue weighted by Crippen LogP contribution is -2.31. The number of anilines is 2. The average molecular weight is 329 g/mol. The molecule has 1 atom stereocenters. The van der Waals surface area contributed by atoms with Gasteiger partial charge >= 0.3 is 6.03 Å². The third-order valence-electron chi connectivity index (χ3n) is 3.70. The van der Waals surface area contributed by atoms with Crippen molar-refractivity contribution in [3.05, 3.63) is 36.2 Å². The van der Waals surface area contributed by atoms with Gasteiger partial charge in [-0.3, -0.25) is 9.48 Å². The molecular weight excluding hydrogens is 310 g/mol. The van der Waals surface area contributed by atoms with Crippen molar-refractivity contribution in [1.82, 2.24) is 15.1 Å². The van der Waals surface area contributed by atoms with Crippen LogP contribution in [-0.4, -0.2) is 28.3 Å². The predicted octanol–water partition coefficient (Wildman–Crippen LogP) is 2.12. The van der Waals surface area contributed by atoms with Crippen molar-refractivity contribution in [2.75, 3.05) is 17.2 Å². The van der Waals surface area contributed by atoms with Crippen molar-refractivity contribution >= 4 is 23.3 Å². The molecule has 2 aromatic rings. The summed E-state index contributed by atoms with van der Waals surface area (Å²) in [5.41, 5.74) is 2.11. The molecule has 3 amide bonds. The van der Waals surface area contributed by atoms with Gasteiger partial charge in [0.05, 0.1) is 23.6 Å². The number of nitrogens with zero attached hydrogens (tertiary/aromatic N) is 2. The first-order valence-corrected chi connectivity index (χ1v) is 7.71. The number of nitrogens with one attached hydrogen (secondary N) is 3. The number of aromatic nitrogens is 2. The van der Waals surface area contributed by atoms with E-state index in [0.29, 0.717) is 17.1 Å². The minimum absolute atomic E-state index is 0.0218. The lowest BCUT2D eigenvalue weighted by Gasteiger charge is -2.21. The first-order chi connectivity index (χ1) is 11.5. The van der Waals surface area contributed by atoms with Crippen LogP contribution in [0.15, 0.2) is 30.6 Å². The number of benzene rings is 1. The highest BCUT2D eigenvalue weighted by molar-refractivity contribution is 5.95. The van der Waals surface area contributed by atoms with Crippen molar-refractivity contribution in [2.24, 2.45) is 0 Å². The van der Waals surface area contributed by atoms with Crippen LogP contribution >= 0.6 is 0 Å². The zero-order valence-corrected chi connectivity index (χ0v) is 13.5. The number of rotatable bonds is 4. The van der Waals surface area contributed by atoms with Crippen LogP contribution in [0.3, 0.4) is 0 Å². The topological polar surface area (TPSA) is 97.3 Å². The average Bonchev–Trinajstić information content (AvgIpc) is 3.01. The predicted molar refractivity (Wildman–Crippen MR) is 89.0 cm³/mol. The number of carbonyl (C=O) groups is 2. The molecule has 126 valence electrons. The minimum atomic E-state index is -0.323. The molecule has 2 heterocycles. The summed E-state index contributed by atoms with van der Waals surface area (Å²) in [6.45, 7) is 4.59. The summed E-state index contributed by atoms with van der Waals surface area (Å²) in [5.74, 6) is 0.438. The molecule has 0 spiro atoms. The maximum atomic E-state index is 12.1. The molecule has 0 saturated carbocycles. The number of hydrogen-bond acceptors (Lipinski definition) is 4. The molecule has 0 bridgehead atoms. The third-order valence-corrected chi connectivity index (χ3v) is 3.70. The second-order valence-electron chi connectivity index (χ2n) is 5.50. The second-order valence-corrected chi connectivity index (χ2v) is 5.50. The van der Waals surface area contributed by atoms with Gasteiger partial charge in [0.15, 0.2) is 6.61 Å². The van der Waals surface area contributed by atoms with E-state index in [-0.39, 0.29) is 24.6 Å². The number of aryl methyl sites for hydroxylation is 1. The summed E-state index contributed by atoms with van der Waals surface area (Å²) in [4.78, 5) is 23.5. The van der Waals surface area contributed by atoms with E-state index in [1.54, 1.807) is 29.2 Å². The molecule has 8 heteroatoms. The molecule has 1 aromatic heterocycles. The fourth-order valence-electron chi connectivity index (χ4n) is 2.42. The van der Waals surface area contributed by atoms with Crippen LogP contribution in [0.25, 0.3) is 0 Å². The van der Waals surface area contributed by atoms with Gasteiger partial charge in [0.1, 0.15) is 5.75 Å². The zero-order chi connectivity index (χ0) is 17.1. The fourth-order valence-corrected chi connectivity index (χ4v) is 2.42. The molecule has 0 fully saturated rings. The maximum Gasteiger partial charge on any atom is 0.319 e. The summed E-state index contributed by atoms with van der Waals surface area (Å²) < 4.78 is 7.05. The molecule has 0 unspecified atom stereocenters. The van der Waals surface area contributed by atoms with E-state index in [9.17, 15) is 9.59 Å². The number of hydrogen-bond donors (Lipinski definition) is 3. The van der Waals surface area contributed by atoms with Gasteiger partial charge in [0.2, 0.25) is 0 Å². The Morgan fingerprint density at radius 2 is 2.33 bits per heavy atom. The fraction of sp³-hybridized carbons (Fsp3) is 0.312. The molecular formula is C16H19N5O3. The second kappa shape index (κ2) is 6.61. The van der Waals surface area contributed by atoms with Crippen molar-refractivity contribution in [3.8, 4) is 5.75 Å². The Hall–Kier alpha value is -3.03. The Kier molecular flexibility index (Phi) is 4.37. The van der Waals surface area contributed by atoms with E-state index in [1.165, 1.54) is 0 Å². The van der Waals surface area contributed by atoms with Gasteiger partial charge in [-0.2, -0.15) is 5.10 Å². The molecule has 1 aromatic carbocycles. The molecule has 0 aliphatic carbocycles. The van der Waals surface area contributed by atoms with E-state index in [4.69, 9.17) is 4.74 Å². The van der Waals surface area contributed by atoms with E-state index < -0.39 is 0 Å². The molecule has 3 N–H and O–H groups in total. The molecule has 0 saturated heterocycles. The van der Waals surface area contributed by atoms with Gasteiger partial charge in [0, 0.05) is 12.7 Å². The standard InChI is InChI=1S/C16H19N5O3/c1-3-21-8-12(7-17-21)19-16(23)18-10(2)11-4-5-14-13(6-11)20-15(22)9-24-14/h4-8,10H,3,9H2,1-2H3,(H,20,22)(H2,18,19,23)/t10-/m1/s1. The highest BCUT2D eigenvalue weighted by atomic mass is 16.5. The maximum absolute atomic E-state index is 12.1. The van der Waals surface area contributed by atoms with Gasteiger partial charge in [-0.1, -0.05) is 6.07 Å². The van der Waals surface area contributed by atoms with Crippen molar-refractivity contribution < 1.29 is 14.3 Å². The lowest BCUT2D eigenvalue weighted by molar-refractivity contribution is -0.118. The Balaban J connectivity index is 1.63. The summed E-state index contributed by atoms with van der Waals surface area (Å²) in [5, 5.41) is 12.4. The Morgan fingerprint density at radius 3 is 3.08 bits per heavy atom. The molecule has 1 aliphatic heterocycles. The molecule has 3 rings (SSSR count). The van der Waals surface area contributed by atoms with Crippen LogP contribution < -0.4 is 20.7 Å². The van der Waals surface area contributed by atoms with Gasteiger partial charge < -0.3 is 20.7 Å². The van der Waals surface area contributed by atoms with E-state index in [0.717, 1.165) is 12.1 Å². The van der Waals surface area contributed by atoms with E-state index in [2.05, 4.69) is 21.0 Å². The number of carbonyl (C=O) groups excluding carboxylic acids is 2. The molecule has 0 radical (unpaired) electrons. The van der Waals surface area contributed by atoms with Gasteiger partial charge in [-0.25, -0.2) is 4.79 Å². The van der Waals surface area contributed by atoms with E-state index in [1.807, 2.05) is 19.9 Å². The van der Waals surface area contributed by atoms with Crippen LogP contribution in [0, 0.1) is 0 Å². The SMILES string of the molecule is CCn1cc(NC(=O)N[C@H](C)c2ccc3c(c2)NC(=O)CO3)cn1. The van der Waals surface area contributed by atoms with Gasteiger partial charge in [-0.05, 0) is 31.5 Å². The lowest BCUT2D eigenvalue weighted by atomic mass is 10.1. The number of amides is 3. The van der Waals surface area contributed by atoms with Crippen molar-refractivity contribution in [2.45, 2.75) is 26.4 Å². The monoisotopic (exact) mass is 329 g/mol. The van der Waals surface area contributed by atoms with Gasteiger partial charge in [0.25, 0.3) is 5.91 Å². The summed E-state index contributed by atoms with van der Waals surface area (Å²) in [6.07, 6.45) is 3.36. The molecule has 8 nitrogen and oxygen atoms in total. The highest BCUT2D eigenvalue weighted by Crippen LogP contribution is 2.30. The normalized spacial score (nSPS) is 14.2. The van der Waals surface area contributed by atoms with Crippen LogP contribution in [0.1, 0.15) is 25.5 Å². The third kappa shape index (κ3) is 3.48. The Morgan fingerprint density at radius 1 is 1.50 bits per heavy atom. The first-order valence-electron chi connectivity index (χ1n) is 7.71. The number of fused-ring (bicyclic) bond motifs is 1. The minimum Gasteiger partial charge on any atom is -0.482 e. The number of urea groups is 1. The van der Waals surface area contributed by atoms with Crippen LogP contribution in [0.4, 0.5) is 16.2 Å². The van der Waals surface area contributed by atoms with Gasteiger partial charge in [-0.15, -0.1) is 0 Å². The smallest absolute Gasteiger partial charge is 0.319 e. The van der Waals surface area contributed by atoms with Crippen molar-refractivity contribution in [3.63, 3.8) is 0 Å². The summed E-state index contributed by atoms with van der Waals surface area (Å²) >= 11 is 0. The molecule has 24 heavy (non-hydrogen) atoms. The van der Waals surface area contributed by atoms with Crippen molar-refractivity contribution in [1.29, 1.82) is 0 Å². The molecule has 1 aliphatic rings. The Bertz CT molecular complexity index is 771. The number of ether oxygens (including phenoxy) is 1. The van der Waals surface area contributed by atoms with Crippen LogP contribution in [-0.2, 0) is 11.3 Å². The highest BCUT2D eigenvalue weighted by Gasteiger charge is 2.18. The quantitative estimate of drug-likeness (QED) is 0.800. The van der Waals surface area contributed by atoms with E-state index >= 15 is 0 Å². The van der Waals surface area contributed by atoms with Crippen LogP contribution in [0.2, 0.25) is 0 Å². The zero-order valence-electron chi connectivity index (χ0n) is 13.5. The summed E-state index contributed by atoms with van der Waals surface area (Å²) in [6, 6.07) is 4.88. The summed E-state index contributed by atoms with van der Waals surface area (Å²) in [7, 11) is 0. The Labute approximate surface area is 139 Å². The van der Waals surface area contributed by atoms with Crippen LogP contribution in [0.5, 0.6) is 5.75 Å². The first kappa shape index (κ1) is 15.9.